The largest absolute Gasteiger partial charge is 0.418 e. The van der Waals surface area contributed by atoms with Crippen molar-refractivity contribution in [2.75, 3.05) is 23.1 Å². The maximum absolute atomic E-state index is 13.6. The molecule has 1 fully saturated rings. The van der Waals surface area contributed by atoms with Gasteiger partial charge >= 0.3 is 6.18 Å². The van der Waals surface area contributed by atoms with Crippen molar-refractivity contribution < 1.29 is 26.7 Å². The number of sulfonamides is 1. The number of anilines is 2. The molecule has 194 valence electrons. The predicted octanol–water partition coefficient (Wildman–Crippen LogP) is 3.83. The lowest BCUT2D eigenvalue weighted by Gasteiger charge is -2.29. The third-order valence-corrected chi connectivity index (χ3v) is 6.88. The van der Waals surface area contributed by atoms with Crippen LogP contribution in [0.1, 0.15) is 17.5 Å². The second-order valence-electron chi connectivity index (χ2n) is 8.18. The minimum absolute atomic E-state index is 0. The summed E-state index contributed by atoms with van der Waals surface area (Å²) in [5.41, 5.74) is -0.546. The Morgan fingerprint density at radius 3 is 2.47 bits per heavy atom. The van der Waals surface area contributed by atoms with Gasteiger partial charge < -0.3 is 15.7 Å². The van der Waals surface area contributed by atoms with Gasteiger partial charge in [0.05, 0.1) is 23.4 Å². The highest BCUT2D eigenvalue weighted by Crippen LogP contribution is 2.38. The van der Waals surface area contributed by atoms with Crippen molar-refractivity contribution in [3.63, 3.8) is 0 Å². The third-order valence-electron chi connectivity index (χ3n) is 5.62. The molecular weight excluding hydrogens is 519 g/mol. The average molecular weight is 544 g/mol. The number of benzene rings is 1. The summed E-state index contributed by atoms with van der Waals surface area (Å²) in [6, 6.07) is 12.2. The minimum atomic E-state index is -4.68. The number of alkyl halides is 3. The summed E-state index contributed by atoms with van der Waals surface area (Å²) in [6.45, 7) is 2.74. The van der Waals surface area contributed by atoms with E-state index in [4.69, 9.17) is 0 Å². The molecule has 0 amide bonds. The molecule has 0 radical (unpaired) electrons. The standard InChI is InChI=1S/C23H24F3N5O3S.ClH/c1-14-5-2-3-6-15(14)22-16(23(24,25)26)9-10-20(30-22)31-35(33,34)21-8-4-7-19(29-21)28-17-11-12-27-13-18(17)32;/h2-10,17-18,27,32H,11-13H2,1H3,(H,28,29)(H,30,31);1H/t17-,18-;/m1./s1. The van der Waals surface area contributed by atoms with Gasteiger partial charge in [0.15, 0.2) is 5.03 Å². The van der Waals surface area contributed by atoms with Crippen molar-refractivity contribution in [2.45, 2.75) is 36.7 Å². The number of pyridine rings is 2. The van der Waals surface area contributed by atoms with E-state index in [0.29, 0.717) is 25.1 Å². The number of aliphatic hydroxyl groups excluding tert-OH is 1. The molecular formula is C23H25ClF3N5O3S. The lowest BCUT2D eigenvalue weighted by molar-refractivity contribution is -0.137. The van der Waals surface area contributed by atoms with Gasteiger partial charge in [0.25, 0.3) is 10.0 Å². The van der Waals surface area contributed by atoms with Gasteiger partial charge in [-0.25, -0.2) is 9.97 Å². The van der Waals surface area contributed by atoms with Gasteiger partial charge in [-0.3, -0.25) is 4.72 Å². The van der Waals surface area contributed by atoms with Crippen molar-refractivity contribution in [1.82, 2.24) is 15.3 Å². The smallest absolute Gasteiger partial charge is 0.390 e. The van der Waals surface area contributed by atoms with E-state index < -0.39 is 27.9 Å². The Balaban J connectivity index is 0.00000361. The van der Waals surface area contributed by atoms with Gasteiger partial charge in [0.1, 0.15) is 11.6 Å². The van der Waals surface area contributed by atoms with E-state index in [1.165, 1.54) is 18.2 Å². The summed E-state index contributed by atoms with van der Waals surface area (Å²) >= 11 is 0. The van der Waals surface area contributed by atoms with Gasteiger partial charge in [0, 0.05) is 12.1 Å². The number of aliphatic hydroxyl groups is 1. The monoisotopic (exact) mass is 543 g/mol. The van der Waals surface area contributed by atoms with Crippen molar-refractivity contribution in [2.24, 2.45) is 0 Å². The number of β-amino-alcohol motifs (C(OH)–C–C–N with tert-alkyl or cyclic N) is 1. The summed E-state index contributed by atoms with van der Waals surface area (Å²) in [5.74, 6) is -0.0232. The molecule has 0 unspecified atom stereocenters. The van der Waals surface area contributed by atoms with Crippen LogP contribution in [0.15, 0.2) is 59.6 Å². The fourth-order valence-corrected chi connectivity index (χ4v) is 4.79. The van der Waals surface area contributed by atoms with Crippen LogP contribution in [-0.2, 0) is 16.2 Å². The van der Waals surface area contributed by atoms with Gasteiger partial charge in [-0.2, -0.15) is 21.6 Å². The van der Waals surface area contributed by atoms with Crippen molar-refractivity contribution >= 4 is 34.1 Å². The van der Waals surface area contributed by atoms with Crippen LogP contribution < -0.4 is 15.4 Å². The Morgan fingerprint density at radius 2 is 1.78 bits per heavy atom. The van der Waals surface area contributed by atoms with Crippen LogP contribution in [0.5, 0.6) is 0 Å². The Labute approximate surface area is 212 Å². The number of hydrogen-bond acceptors (Lipinski definition) is 7. The van der Waals surface area contributed by atoms with E-state index in [0.717, 1.165) is 12.1 Å². The summed E-state index contributed by atoms with van der Waals surface area (Å²) in [6.07, 6.45) is -4.72. The second-order valence-corrected chi connectivity index (χ2v) is 9.81. The summed E-state index contributed by atoms with van der Waals surface area (Å²) < 4.78 is 69.1. The van der Waals surface area contributed by atoms with Crippen LogP contribution in [-0.4, -0.2) is 48.7 Å². The quantitative estimate of drug-likeness (QED) is 0.373. The zero-order chi connectivity index (χ0) is 25.2. The van der Waals surface area contributed by atoms with Crippen LogP contribution >= 0.6 is 12.4 Å². The summed E-state index contributed by atoms with van der Waals surface area (Å²) in [5, 5.41) is 15.8. The molecule has 0 saturated carbocycles. The number of aromatic nitrogens is 2. The number of nitrogens with one attached hydrogen (secondary N) is 3. The number of nitrogens with zero attached hydrogens (tertiary/aromatic N) is 2. The first-order valence-electron chi connectivity index (χ1n) is 10.8. The predicted molar refractivity (Wildman–Crippen MR) is 133 cm³/mol. The Kier molecular flexibility index (Phi) is 8.44. The fraction of sp³-hybridized carbons (Fsp3) is 0.304. The Morgan fingerprint density at radius 1 is 1.03 bits per heavy atom. The molecule has 3 aromatic rings. The highest BCUT2D eigenvalue weighted by molar-refractivity contribution is 7.92. The molecule has 4 rings (SSSR count). The van der Waals surface area contributed by atoms with Crippen LogP contribution in [0.2, 0.25) is 0 Å². The molecule has 1 aromatic carbocycles. The lowest BCUT2D eigenvalue weighted by Crippen LogP contribution is -2.47. The van der Waals surface area contributed by atoms with Gasteiger partial charge in [0.2, 0.25) is 0 Å². The first-order chi connectivity index (χ1) is 16.5. The van der Waals surface area contributed by atoms with E-state index in [9.17, 15) is 26.7 Å². The molecule has 3 heterocycles. The van der Waals surface area contributed by atoms with E-state index in [2.05, 4.69) is 25.3 Å². The van der Waals surface area contributed by atoms with Crippen LogP contribution in [0.4, 0.5) is 24.8 Å². The maximum Gasteiger partial charge on any atom is 0.418 e. The zero-order valence-corrected chi connectivity index (χ0v) is 20.7. The van der Waals surface area contributed by atoms with E-state index in [-0.39, 0.29) is 46.4 Å². The van der Waals surface area contributed by atoms with E-state index >= 15 is 0 Å². The molecule has 1 aliphatic heterocycles. The van der Waals surface area contributed by atoms with Crippen molar-refractivity contribution in [1.29, 1.82) is 0 Å². The Hall–Kier alpha value is -2.93. The topological polar surface area (TPSA) is 116 Å². The van der Waals surface area contributed by atoms with Crippen LogP contribution in [0.25, 0.3) is 11.3 Å². The third kappa shape index (κ3) is 6.25. The SMILES string of the molecule is Cc1ccccc1-c1nc(NS(=O)(=O)c2cccc(N[C@@H]3CCNC[C@H]3O)n2)ccc1C(F)(F)F.Cl. The molecule has 1 saturated heterocycles. The van der Waals surface area contributed by atoms with Crippen LogP contribution in [0.3, 0.4) is 0 Å². The van der Waals surface area contributed by atoms with Crippen molar-refractivity contribution in [3.05, 3.63) is 65.7 Å². The molecule has 13 heteroatoms. The van der Waals surface area contributed by atoms with Gasteiger partial charge in [-0.05, 0) is 49.7 Å². The highest BCUT2D eigenvalue weighted by atomic mass is 35.5. The number of aryl methyl sites for hydroxylation is 1. The van der Waals surface area contributed by atoms with Gasteiger partial charge in [-0.1, -0.05) is 30.3 Å². The van der Waals surface area contributed by atoms with E-state index in [1.807, 2.05) is 0 Å². The first kappa shape index (κ1) is 27.7. The molecule has 4 N–H and O–H groups in total. The Bertz CT molecular complexity index is 1320. The molecule has 2 aromatic heterocycles. The number of hydrogen-bond donors (Lipinski definition) is 4. The van der Waals surface area contributed by atoms with Gasteiger partial charge in [-0.15, -0.1) is 12.4 Å². The average Bonchev–Trinajstić information content (AvgIpc) is 2.80. The number of rotatable bonds is 6. The van der Waals surface area contributed by atoms with Crippen LogP contribution in [0, 0.1) is 6.92 Å². The lowest BCUT2D eigenvalue weighted by atomic mass is 10.0. The molecule has 36 heavy (non-hydrogen) atoms. The summed E-state index contributed by atoms with van der Waals surface area (Å²) in [4.78, 5) is 8.13. The van der Waals surface area contributed by atoms with E-state index in [1.54, 1.807) is 31.2 Å². The number of halogens is 4. The van der Waals surface area contributed by atoms with Crippen molar-refractivity contribution in [3.8, 4) is 11.3 Å². The zero-order valence-electron chi connectivity index (χ0n) is 19.1. The molecule has 0 bridgehead atoms. The number of piperidine rings is 1. The molecule has 2 atom stereocenters. The molecule has 1 aliphatic rings. The second kappa shape index (κ2) is 11.0. The molecule has 0 spiro atoms. The minimum Gasteiger partial charge on any atom is -0.390 e. The molecule has 8 nitrogen and oxygen atoms in total. The highest BCUT2D eigenvalue weighted by Gasteiger charge is 2.35. The first-order valence-corrected chi connectivity index (χ1v) is 12.3. The normalized spacial score (nSPS) is 18.2. The summed E-state index contributed by atoms with van der Waals surface area (Å²) in [7, 11) is -4.27. The maximum atomic E-state index is 13.6. The fourth-order valence-electron chi connectivity index (χ4n) is 3.82. The molecule has 0 aliphatic carbocycles.